The summed E-state index contributed by atoms with van der Waals surface area (Å²) >= 11 is 5.12. The van der Waals surface area contributed by atoms with E-state index in [1.54, 1.807) is 0 Å². The van der Waals surface area contributed by atoms with Crippen molar-refractivity contribution < 1.29 is 0 Å². The number of fused-ring (bicyclic) bond motifs is 6. The van der Waals surface area contributed by atoms with E-state index >= 15 is 0 Å². The minimum atomic E-state index is 0.925. The molecular formula is C58H39NS. The highest BCUT2D eigenvalue weighted by atomic mass is 32.1. The molecule has 11 rings (SSSR count). The first-order valence-electron chi connectivity index (χ1n) is 20.5. The lowest BCUT2D eigenvalue weighted by Gasteiger charge is -2.28. The van der Waals surface area contributed by atoms with E-state index in [-0.39, 0.29) is 0 Å². The Morgan fingerprint density at radius 2 is 0.783 bits per heavy atom. The molecule has 0 bridgehead atoms. The van der Waals surface area contributed by atoms with E-state index in [2.05, 4.69) is 235 Å². The fourth-order valence-corrected chi connectivity index (χ4v) is 9.51. The summed E-state index contributed by atoms with van der Waals surface area (Å²) in [6, 6.07) is 83.6. The summed E-state index contributed by atoms with van der Waals surface area (Å²) in [5, 5.41) is 9.84. The zero-order valence-electron chi connectivity index (χ0n) is 32.8. The predicted octanol–water partition coefficient (Wildman–Crippen LogP) is 16.7. The van der Waals surface area contributed by atoms with Gasteiger partial charge in [0.2, 0.25) is 0 Å². The topological polar surface area (TPSA) is 3.24 Å². The maximum absolute atomic E-state index is 5.12. The summed E-state index contributed by atoms with van der Waals surface area (Å²) in [6.45, 7) is 0. The molecule has 2 heteroatoms. The van der Waals surface area contributed by atoms with Crippen LogP contribution in [-0.2, 0) is 0 Å². The van der Waals surface area contributed by atoms with Crippen LogP contribution in [0.15, 0.2) is 235 Å². The van der Waals surface area contributed by atoms with Gasteiger partial charge in [0.15, 0.2) is 0 Å². The van der Waals surface area contributed by atoms with E-state index in [0.29, 0.717) is 0 Å². The molecule has 0 aliphatic heterocycles. The van der Waals surface area contributed by atoms with Gasteiger partial charge in [0.25, 0.3) is 0 Å². The molecule has 0 aromatic heterocycles. The Kier molecular flexibility index (Phi) is 8.99. The van der Waals surface area contributed by atoms with Crippen molar-refractivity contribution in [2.45, 2.75) is 4.90 Å². The predicted molar refractivity (Wildman–Crippen MR) is 260 cm³/mol. The van der Waals surface area contributed by atoms with Crippen LogP contribution in [0.2, 0.25) is 0 Å². The van der Waals surface area contributed by atoms with Crippen molar-refractivity contribution >= 4 is 72.8 Å². The molecule has 282 valence electrons. The molecule has 0 unspecified atom stereocenters. The van der Waals surface area contributed by atoms with Crippen LogP contribution >= 0.6 is 12.6 Å². The Balaban J connectivity index is 1.14. The van der Waals surface area contributed by atoms with Crippen LogP contribution < -0.4 is 4.90 Å². The molecule has 11 aromatic rings. The third kappa shape index (κ3) is 6.21. The van der Waals surface area contributed by atoms with Gasteiger partial charge in [-0.05, 0) is 119 Å². The summed E-state index contributed by atoms with van der Waals surface area (Å²) in [6.07, 6.45) is 0. The summed E-state index contributed by atoms with van der Waals surface area (Å²) in [4.78, 5) is 3.33. The van der Waals surface area contributed by atoms with Crippen molar-refractivity contribution in [1.29, 1.82) is 0 Å². The van der Waals surface area contributed by atoms with Crippen LogP contribution in [0.1, 0.15) is 0 Å². The smallest absolute Gasteiger partial charge is 0.0546 e. The van der Waals surface area contributed by atoms with E-state index in [0.717, 1.165) is 44.2 Å². The van der Waals surface area contributed by atoms with Gasteiger partial charge in [0.05, 0.1) is 5.69 Å². The van der Waals surface area contributed by atoms with E-state index in [1.165, 1.54) is 65.3 Å². The Morgan fingerprint density at radius 3 is 1.47 bits per heavy atom. The number of benzene rings is 11. The number of hydrogen-bond donors (Lipinski definition) is 1. The van der Waals surface area contributed by atoms with Crippen molar-refractivity contribution in [1.82, 2.24) is 0 Å². The molecule has 0 amide bonds. The molecule has 0 spiro atoms. The summed E-state index contributed by atoms with van der Waals surface area (Å²) in [5.41, 5.74) is 12.7. The van der Waals surface area contributed by atoms with Gasteiger partial charge in [-0.2, -0.15) is 0 Å². The molecule has 0 saturated carbocycles. The van der Waals surface area contributed by atoms with Crippen molar-refractivity contribution in [2.24, 2.45) is 0 Å². The third-order valence-corrected chi connectivity index (χ3v) is 12.3. The number of nitrogens with zero attached hydrogens (tertiary/aromatic N) is 1. The zero-order valence-corrected chi connectivity index (χ0v) is 33.7. The highest BCUT2D eigenvalue weighted by molar-refractivity contribution is 7.80. The van der Waals surface area contributed by atoms with Gasteiger partial charge in [-0.3, -0.25) is 0 Å². The average Bonchev–Trinajstić information content (AvgIpc) is 3.32. The van der Waals surface area contributed by atoms with Crippen LogP contribution in [0.5, 0.6) is 0 Å². The minimum absolute atomic E-state index is 0.925. The Morgan fingerprint density at radius 1 is 0.283 bits per heavy atom. The average molecular weight is 782 g/mol. The maximum atomic E-state index is 5.12. The lowest BCUT2D eigenvalue weighted by atomic mass is 9.84. The van der Waals surface area contributed by atoms with Gasteiger partial charge in [0, 0.05) is 21.7 Å². The molecule has 1 nitrogen and oxygen atoms in total. The van der Waals surface area contributed by atoms with Crippen molar-refractivity contribution in [3.63, 3.8) is 0 Å². The SMILES string of the molecule is Sc1cc(N(c2cccc(-c3ccc4c(c3)c(-c3ccccc3)c(-c3ccccc3)c3ccccc34)c2)c2cc3ccccc3c3ccccc23)ccc1-c1ccccc1. The van der Waals surface area contributed by atoms with Crippen molar-refractivity contribution in [2.75, 3.05) is 4.90 Å². The number of rotatable bonds is 7. The van der Waals surface area contributed by atoms with Crippen LogP contribution in [0.4, 0.5) is 17.1 Å². The van der Waals surface area contributed by atoms with Crippen LogP contribution in [0.25, 0.3) is 87.6 Å². The molecule has 0 N–H and O–H groups in total. The number of anilines is 3. The first-order valence-corrected chi connectivity index (χ1v) is 20.9. The van der Waals surface area contributed by atoms with Gasteiger partial charge >= 0.3 is 0 Å². The van der Waals surface area contributed by atoms with Gasteiger partial charge < -0.3 is 4.90 Å². The first-order chi connectivity index (χ1) is 29.7. The van der Waals surface area contributed by atoms with Gasteiger partial charge in [-0.15, -0.1) is 12.6 Å². The fourth-order valence-electron chi connectivity index (χ4n) is 9.17. The molecule has 0 radical (unpaired) electrons. The van der Waals surface area contributed by atoms with Gasteiger partial charge in [-0.25, -0.2) is 0 Å². The number of thiol groups is 1. The molecular weight excluding hydrogens is 743 g/mol. The van der Waals surface area contributed by atoms with E-state index in [1.807, 2.05) is 0 Å². The van der Waals surface area contributed by atoms with Gasteiger partial charge in [0.1, 0.15) is 0 Å². The zero-order chi connectivity index (χ0) is 40.0. The molecule has 0 atom stereocenters. The standard InChI is InChI=1S/C58H39NS/c60-56-38-46(32-34-48(56)39-17-4-1-5-18-39)59(55-37-44-23-10-11-26-47(44)49-27-12-14-29-52(49)55)45-25-16-24-42(35-45)43-31-33-51-50-28-13-15-30-53(50)57(40-19-6-2-7-20-40)58(54(51)36-43)41-21-8-3-9-22-41/h1-38,60H. The largest absolute Gasteiger partial charge is 0.310 e. The third-order valence-electron chi connectivity index (χ3n) is 11.9. The Hall–Kier alpha value is -7.39. The highest BCUT2D eigenvalue weighted by Gasteiger charge is 2.21. The van der Waals surface area contributed by atoms with E-state index in [4.69, 9.17) is 12.6 Å². The monoisotopic (exact) mass is 781 g/mol. The van der Waals surface area contributed by atoms with E-state index < -0.39 is 0 Å². The summed E-state index contributed by atoms with van der Waals surface area (Å²) < 4.78 is 0. The molecule has 0 saturated heterocycles. The normalized spacial score (nSPS) is 11.4. The van der Waals surface area contributed by atoms with E-state index in [9.17, 15) is 0 Å². The summed E-state index contributed by atoms with van der Waals surface area (Å²) in [5.74, 6) is 0. The lowest BCUT2D eigenvalue weighted by Crippen LogP contribution is -2.11. The lowest BCUT2D eigenvalue weighted by molar-refractivity contribution is 1.28. The van der Waals surface area contributed by atoms with Crippen LogP contribution in [-0.4, -0.2) is 0 Å². The maximum Gasteiger partial charge on any atom is 0.0546 e. The van der Waals surface area contributed by atoms with Crippen LogP contribution in [0.3, 0.4) is 0 Å². The minimum Gasteiger partial charge on any atom is -0.310 e. The molecule has 0 aliphatic rings. The first kappa shape index (κ1) is 35.7. The second kappa shape index (κ2) is 15.1. The number of hydrogen-bond acceptors (Lipinski definition) is 2. The molecule has 0 aliphatic carbocycles. The quantitative estimate of drug-likeness (QED) is 0.124. The Labute approximate surface area is 355 Å². The summed E-state index contributed by atoms with van der Waals surface area (Å²) in [7, 11) is 0. The van der Waals surface area contributed by atoms with Crippen molar-refractivity contribution in [3.05, 3.63) is 231 Å². The second-order valence-corrected chi connectivity index (χ2v) is 15.9. The second-order valence-electron chi connectivity index (χ2n) is 15.4. The molecule has 0 heterocycles. The Bertz CT molecular complexity index is 3370. The van der Waals surface area contributed by atoms with Crippen LogP contribution in [0, 0.1) is 0 Å². The highest BCUT2D eigenvalue weighted by Crippen LogP contribution is 2.47. The molecule has 0 fully saturated rings. The van der Waals surface area contributed by atoms with Crippen molar-refractivity contribution in [3.8, 4) is 44.5 Å². The molecule has 60 heavy (non-hydrogen) atoms. The molecule has 11 aromatic carbocycles. The fraction of sp³-hybridized carbons (Fsp3) is 0. The van der Waals surface area contributed by atoms with Gasteiger partial charge in [-0.1, -0.05) is 194 Å².